The first-order chi connectivity index (χ1) is 8.18. The maximum atomic E-state index is 13.8. The summed E-state index contributed by atoms with van der Waals surface area (Å²) in [5.41, 5.74) is 6.54. The van der Waals surface area contributed by atoms with Crippen LogP contribution in [0.4, 0.5) is 14.7 Å². The van der Waals surface area contributed by atoms with E-state index in [4.69, 9.17) is 15.0 Å². The van der Waals surface area contributed by atoms with E-state index < -0.39 is 11.6 Å². The molecule has 0 saturated heterocycles. The molecule has 2 heterocycles. The fourth-order valence-electron chi connectivity index (χ4n) is 2.03. The summed E-state index contributed by atoms with van der Waals surface area (Å²) in [6, 6.07) is 0.784. The first kappa shape index (κ1) is 10.1. The molecular weight excluding hydrogens is 230 g/mol. The molecule has 2 aromatic rings. The molecule has 0 unspecified atom stereocenters. The Balaban J connectivity index is 2.31. The molecule has 4 nitrogen and oxygen atoms in total. The van der Waals surface area contributed by atoms with E-state index in [1.165, 1.54) is 6.20 Å². The molecule has 1 aliphatic heterocycles. The first-order valence-corrected chi connectivity index (χ1v) is 5.02. The van der Waals surface area contributed by atoms with Gasteiger partial charge in [0.2, 0.25) is 5.88 Å². The smallest absolute Gasteiger partial charge is 0.230 e. The van der Waals surface area contributed by atoms with Gasteiger partial charge in [0.25, 0.3) is 0 Å². The van der Waals surface area contributed by atoms with Gasteiger partial charge in [-0.05, 0) is 0 Å². The van der Waals surface area contributed by atoms with E-state index in [1.54, 1.807) is 0 Å². The maximum Gasteiger partial charge on any atom is 0.230 e. The highest BCUT2D eigenvalue weighted by Crippen LogP contribution is 2.40. The molecule has 0 amide bonds. The van der Waals surface area contributed by atoms with Gasteiger partial charge in [-0.15, -0.1) is 0 Å². The second-order valence-electron chi connectivity index (χ2n) is 3.73. The van der Waals surface area contributed by atoms with Crippen LogP contribution in [-0.4, -0.2) is 11.8 Å². The molecule has 1 aliphatic rings. The number of hydrogen-bond acceptors (Lipinski definition) is 4. The van der Waals surface area contributed by atoms with Crippen molar-refractivity contribution in [2.75, 3.05) is 12.3 Å². The van der Waals surface area contributed by atoms with E-state index >= 15 is 0 Å². The van der Waals surface area contributed by atoms with Crippen molar-refractivity contribution in [1.29, 1.82) is 0 Å². The molecule has 0 fully saturated rings. The number of nitrogens with two attached hydrogens (primary N) is 1. The Morgan fingerprint density at radius 1 is 1.29 bits per heavy atom. The predicted molar refractivity (Wildman–Crippen MR) is 55.5 cm³/mol. The van der Waals surface area contributed by atoms with Crippen LogP contribution in [0.3, 0.4) is 0 Å². The largest absolute Gasteiger partial charge is 0.490 e. The van der Waals surface area contributed by atoms with Crippen molar-refractivity contribution >= 4 is 5.88 Å². The van der Waals surface area contributed by atoms with Crippen LogP contribution in [0.2, 0.25) is 0 Å². The summed E-state index contributed by atoms with van der Waals surface area (Å²) in [5, 5.41) is 3.49. The third-order valence-corrected chi connectivity index (χ3v) is 2.75. The molecule has 0 spiro atoms. The van der Waals surface area contributed by atoms with E-state index in [0.717, 1.165) is 6.07 Å². The summed E-state index contributed by atoms with van der Waals surface area (Å²) in [4.78, 5) is 0. The van der Waals surface area contributed by atoms with E-state index in [1.807, 2.05) is 0 Å². The molecule has 6 heteroatoms. The third kappa shape index (κ3) is 1.37. The number of fused-ring (bicyclic) bond motifs is 1. The van der Waals surface area contributed by atoms with Crippen molar-refractivity contribution in [2.24, 2.45) is 0 Å². The fourth-order valence-corrected chi connectivity index (χ4v) is 2.03. The van der Waals surface area contributed by atoms with Crippen molar-refractivity contribution in [3.8, 4) is 16.9 Å². The van der Waals surface area contributed by atoms with Crippen molar-refractivity contribution in [1.82, 2.24) is 5.16 Å². The molecule has 1 aromatic carbocycles. The highest BCUT2D eigenvalue weighted by atomic mass is 19.1. The van der Waals surface area contributed by atoms with Gasteiger partial charge in [-0.25, -0.2) is 8.78 Å². The highest BCUT2D eigenvalue weighted by molar-refractivity contribution is 5.77. The van der Waals surface area contributed by atoms with E-state index in [-0.39, 0.29) is 17.2 Å². The number of benzene rings is 1. The number of hydrogen-bond donors (Lipinski definition) is 1. The van der Waals surface area contributed by atoms with E-state index in [2.05, 4.69) is 5.16 Å². The lowest BCUT2D eigenvalue weighted by Gasteiger charge is -2.07. The monoisotopic (exact) mass is 238 g/mol. The SMILES string of the molecule is Nc1oncc1-c1c(F)cc(F)c2c1CCO2. The van der Waals surface area contributed by atoms with Crippen LogP contribution in [0.15, 0.2) is 16.8 Å². The lowest BCUT2D eigenvalue weighted by atomic mass is 9.99. The number of rotatable bonds is 1. The molecule has 0 atom stereocenters. The first-order valence-electron chi connectivity index (χ1n) is 5.02. The Bertz CT molecular complexity index is 595. The molecule has 3 rings (SSSR count). The van der Waals surface area contributed by atoms with Gasteiger partial charge in [0, 0.05) is 23.6 Å². The Kier molecular flexibility index (Phi) is 2.04. The molecule has 0 bridgehead atoms. The minimum absolute atomic E-state index is 0.00427. The van der Waals surface area contributed by atoms with Crippen molar-refractivity contribution in [3.63, 3.8) is 0 Å². The minimum atomic E-state index is -0.700. The molecule has 17 heavy (non-hydrogen) atoms. The molecule has 2 N–H and O–H groups in total. The molecular formula is C11H8F2N2O2. The average Bonchev–Trinajstić information content (AvgIpc) is 2.88. The standard InChI is InChI=1S/C11H8F2N2O2/c12-7-3-8(13)10-5(1-2-16-10)9(7)6-4-15-17-11(6)14/h3-4H,1-2,14H2. The molecule has 0 aliphatic carbocycles. The van der Waals surface area contributed by atoms with Crippen LogP contribution >= 0.6 is 0 Å². The van der Waals surface area contributed by atoms with Crippen LogP contribution < -0.4 is 10.5 Å². The van der Waals surface area contributed by atoms with Gasteiger partial charge in [-0.1, -0.05) is 5.16 Å². The second kappa shape index (κ2) is 3.44. The summed E-state index contributed by atoms with van der Waals surface area (Å²) in [6.45, 7) is 0.327. The molecule has 88 valence electrons. The van der Waals surface area contributed by atoms with Gasteiger partial charge in [0.1, 0.15) is 5.82 Å². The Morgan fingerprint density at radius 2 is 2.12 bits per heavy atom. The number of ether oxygens (including phenoxy) is 1. The Morgan fingerprint density at radius 3 is 2.82 bits per heavy atom. The lowest BCUT2D eigenvalue weighted by molar-refractivity contribution is 0.338. The molecule has 0 radical (unpaired) electrons. The number of nitrogen functional groups attached to an aromatic ring is 1. The lowest BCUT2D eigenvalue weighted by Crippen LogP contribution is -1.95. The topological polar surface area (TPSA) is 61.3 Å². The second-order valence-corrected chi connectivity index (χ2v) is 3.73. The summed E-state index contributed by atoms with van der Waals surface area (Å²) < 4.78 is 37.1. The fraction of sp³-hybridized carbons (Fsp3) is 0.182. The quantitative estimate of drug-likeness (QED) is 0.826. The van der Waals surface area contributed by atoms with Gasteiger partial charge in [-0.2, -0.15) is 0 Å². The number of halogens is 2. The Labute approximate surface area is 95.0 Å². The van der Waals surface area contributed by atoms with Crippen LogP contribution in [0, 0.1) is 11.6 Å². The summed E-state index contributed by atoms with van der Waals surface area (Å²) in [5.74, 6) is -1.30. The van der Waals surface area contributed by atoms with Crippen LogP contribution in [0.1, 0.15) is 5.56 Å². The van der Waals surface area contributed by atoms with Crippen LogP contribution in [-0.2, 0) is 6.42 Å². The summed E-state index contributed by atoms with van der Waals surface area (Å²) in [6.07, 6.45) is 1.74. The Hall–Kier alpha value is -2.11. The van der Waals surface area contributed by atoms with Crippen molar-refractivity contribution in [2.45, 2.75) is 6.42 Å². The average molecular weight is 238 g/mol. The predicted octanol–water partition coefficient (Wildman–Crippen LogP) is 2.14. The maximum absolute atomic E-state index is 13.8. The van der Waals surface area contributed by atoms with Crippen molar-refractivity contribution in [3.05, 3.63) is 29.5 Å². The van der Waals surface area contributed by atoms with Crippen LogP contribution in [0.25, 0.3) is 11.1 Å². The molecule has 0 saturated carbocycles. The normalized spacial score (nSPS) is 13.5. The van der Waals surface area contributed by atoms with Gasteiger partial charge in [0.05, 0.1) is 18.4 Å². The van der Waals surface area contributed by atoms with Gasteiger partial charge >= 0.3 is 0 Å². The van der Waals surface area contributed by atoms with E-state index in [0.29, 0.717) is 24.2 Å². The zero-order chi connectivity index (χ0) is 12.0. The third-order valence-electron chi connectivity index (χ3n) is 2.75. The van der Waals surface area contributed by atoms with Gasteiger partial charge < -0.3 is 15.0 Å². The highest BCUT2D eigenvalue weighted by Gasteiger charge is 2.27. The summed E-state index contributed by atoms with van der Waals surface area (Å²) in [7, 11) is 0. The zero-order valence-electron chi connectivity index (χ0n) is 8.67. The van der Waals surface area contributed by atoms with Gasteiger partial charge in [0.15, 0.2) is 11.6 Å². The minimum Gasteiger partial charge on any atom is -0.490 e. The van der Waals surface area contributed by atoms with Crippen LogP contribution in [0.5, 0.6) is 5.75 Å². The number of anilines is 1. The number of aromatic nitrogens is 1. The van der Waals surface area contributed by atoms with Gasteiger partial charge in [-0.3, -0.25) is 0 Å². The van der Waals surface area contributed by atoms with Crippen molar-refractivity contribution < 1.29 is 18.0 Å². The van der Waals surface area contributed by atoms with E-state index in [9.17, 15) is 8.78 Å². The number of nitrogens with zero attached hydrogens (tertiary/aromatic N) is 1. The summed E-state index contributed by atoms with van der Waals surface area (Å²) >= 11 is 0. The molecule has 1 aromatic heterocycles. The zero-order valence-corrected chi connectivity index (χ0v) is 8.67.